The summed E-state index contributed by atoms with van der Waals surface area (Å²) in [5.41, 5.74) is 6.20. The van der Waals surface area contributed by atoms with E-state index in [0.717, 1.165) is 5.47 Å². The minimum absolute atomic E-state index is 0.177. The number of nitrogens with two attached hydrogens (primary N) is 1. The van der Waals surface area contributed by atoms with E-state index in [-0.39, 0.29) is 11.0 Å². The topological polar surface area (TPSA) is 70.3 Å². The van der Waals surface area contributed by atoms with Crippen molar-refractivity contribution in [3.8, 4) is 0 Å². The average Bonchev–Trinajstić information content (AvgIpc) is 2.59. The van der Waals surface area contributed by atoms with Crippen molar-refractivity contribution >= 4 is 43.2 Å². The summed E-state index contributed by atoms with van der Waals surface area (Å²) in [6.07, 6.45) is 3.36. The van der Waals surface area contributed by atoms with E-state index in [1.807, 2.05) is 33.8 Å². The standard InChI is InChI=1S/C13H19BClN3O2S/c1-12(2)13(3,4)20-14(19-12)8(7-21)5-9-6-17-11(16)10(15)18-9/h5-6,21H,7H2,1-4H3,(H2,16,17). The third-order valence-electron chi connectivity index (χ3n) is 3.85. The van der Waals surface area contributed by atoms with Crippen LogP contribution >= 0.6 is 24.2 Å². The van der Waals surface area contributed by atoms with E-state index in [4.69, 9.17) is 26.6 Å². The van der Waals surface area contributed by atoms with Gasteiger partial charge in [-0.1, -0.05) is 11.6 Å². The maximum Gasteiger partial charge on any atom is 0.491 e. The van der Waals surface area contributed by atoms with E-state index in [2.05, 4.69) is 22.6 Å². The Balaban J connectivity index is 2.28. The molecule has 1 fully saturated rings. The summed E-state index contributed by atoms with van der Waals surface area (Å²) < 4.78 is 12.0. The fourth-order valence-corrected chi connectivity index (χ4v) is 2.22. The highest BCUT2D eigenvalue weighted by atomic mass is 35.5. The molecule has 0 amide bonds. The maximum atomic E-state index is 6.00. The molecule has 1 aromatic rings. The zero-order valence-corrected chi connectivity index (χ0v) is 14.2. The van der Waals surface area contributed by atoms with Crippen molar-refractivity contribution in [2.45, 2.75) is 38.9 Å². The van der Waals surface area contributed by atoms with Gasteiger partial charge >= 0.3 is 7.12 Å². The number of halogens is 1. The van der Waals surface area contributed by atoms with Gasteiger partial charge in [0.15, 0.2) is 11.0 Å². The fraction of sp³-hybridized carbons (Fsp3) is 0.538. The molecule has 0 aliphatic carbocycles. The van der Waals surface area contributed by atoms with Crippen LogP contribution in [-0.4, -0.2) is 34.0 Å². The van der Waals surface area contributed by atoms with Crippen molar-refractivity contribution < 1.29 is 9.31 Å². The molecule has 1 aromatic heterocycles. The summed E-state index contributed by atoms with van der Waals surface area (Å²) in [5.74, 6) is 0.678. The first-order valence-corrected chi connectivity index (χ1v) is 7.62. The Morgan fingerprint density at radius 3 is 2.43 bits per heavy atom. The first-order chi connectivity index (χ1) is 9.66. The first kappa shape index (κ1) is 16.6. The van der Waals surface area contributed by atoms with Gasteiger partial charge in [-0.2, -0.15) is 12.6 Å². The molecular weight excluding hydrogens is 308 g/mol. The Kier molecular flexibility index (Phi) is 4.59. The lowest BCUT2D eigenvalue weighted by Gasteiger charge is -2.32. The van der Waals surface area contributed by atoms with Gasteiger partial charge in [-0.15, -0.1) is 0 Å². The molecule has 0 radical (unpaired) electrons. The predicted molar refractivity (Wildman–Crippen MR) is 89.4 cm³/mol. The van der Waals surface area contributed by atoms with Crippen LogP contribution in [0, 0.1) is 0 Å². The van der Waals surface area contributed by atoms with E-state index < -0.39 is 18.3 Å². The number of nitrogen functional groups attached to an aromatic ring is 1. The van der Waals surface area contributed by atoms with Crippen LogP contribution in [0.3, 0.4) is 0 Å². The van der Waals surface area contributed by atoms with Crippen LogP contribution in [0.15, 0.2) is 11.7 Å². The SMILES string of the molecule is CC1(C)OB(C(=Cc2cnc(N)c(Cl)n2)CS)OC1(C)C. The Morgan fingerprint density at radius 1 is 1.38 bits per heavy atom. The third-order valence-corrected chi connectivity index (χ3v) is 4.49. The van der Waals surface area contributed by atoms with Gasteiger partial charge in [0.1, 0.15) is 0 Å². The van der Waals surface area contributed by atoms with Crippen molar-refractivity contribution in [1.29, 1.82) is 0 Å². The van der Waals surface area contributed by atoms with E-state index in [1.165, 1.54) is 0 Å². The number of anilines is 1. The van der Waals surface area contributed by atoms with Gasteiger partial charge in [0.2, 0.25) is 0 Å². The molecule has 8 heteroatoms. The smallest absolute Gasteiger partial charge is 0.400 e. The largest absolute Gasteiger partial charge is 0.491 e. The Bertz CT molecular complexity index is 565. The predicted octanol–water partition coefficient (Wildman–Crippen LogP) is 2.66. The lowest BCUT2D eigenvalue weighted by Crippen LogP contribution is -2.41. The second-order valence-corrected chi connectivity index (χ2v) is 6.61. The summed E-state index contributed by atoms with van der Waals surface area (Å²) in [6.45, 7) is 8.01. The van der Waals surface area contributed by atoms with E-state index >= 15 is 0 Å². The third kappa shape index (κ3) is 3.36. The van der Waals surface area contributed by atoms with Gasteiger partial charge in [0.05, 0.1) is 23.1 Å². The Morgan fingerprint density at radius 2 is 1.95 bits per heavy atom. The second-order valence-electron chi connectivity index (χ2n) is 5.94. The Hall–Kier alpha value is -0.755. The van der Waals surface area contributed by atoms with Crippen LogP contribution in [0.5, 0.6) is 0 Å². The number of nitrogens with zero attached hydrogens (tertiary/aromatic N) is 2. The average molecular weight is 328 g/mol. The van der Waals surface area contributed by atoms with Gasteiger partial charge in [-0.25, -0.2) is 9.97 Å². The lowest BCUT2D eigenvalue weighted by atomic mass is 9.78. The van der Waals surface area contributed by atoms with E-state index in [9.17, 15) is 0 Å². The quantitative estimate of drug-likeness (QED) is 0.660. The summed E-state index contributed by atoms with van der Waals surface area (Å²) in [4.78, 5) is 8.14. The highest BCUT2D eigenvalue weighted by molar-refractivity contribution is 7.80. The maximum absolute atomic E-state index is 6.00. The molecule has 21 heavy (non-hydrogen) atoms. The highest BCUT2D eigenvalue weighted by Gasteiger charge is 2.52. The second kappa shape index (κ2) is 5.80. The first-order valence-electron chi connectivity index (χ1n) is 6.61. The fourth-order valence-electron chi connectivity index (χ4n) is 1.83. The van der Waals surface area contributed by atoms with Gasteiger partial charge in [-0.05, 0) is 39.2 Å². The number of hydrogen-bond acceptors (Lipinski definition) is 6. The summed E-state index contributed by atoms with van der Waals surface area (Å²) in [6, 6.07) is 0. The molecule has 2 heterocycles. The molecule has 0 atom stereocenters. The van der Waals surface area contributed by atoms with Crippen molar-refractivity contribution in [2.24, 2.45) is 0 Å². The zero-order valence-electron chi connectivity index (χ0n) is 12.6. The Labute approximate surface area is 135 Å². The molecule has 1 aliphatic rings. The van der Waals surface area contributed by atoms with Crippen molar-refractivity contribution in [2.75, 3.05) is 11.5 Å². The molecule has 0 spiro atoms. The van der Waals surface area contributed by atoms with Gasteiger partial charge in [0, 0.05) is 5.75 Å². The zero-order chi connectivity index (χ0) is 15.8. The monoisotopic (exact) mass is 327 g/mol. The normalized spacial score (nSPS) is 20.9. The molecular formula is C13H19BClN3O2S. The molecule has 5 nitrogen and oxygen atoms in total. The summed E-state index contributed by atoms with van der Waals surface area (Å²) in [5, 5.41) is 0.177. The number of aromatic nitrogens is 2. The van der Waals surface area contributed by atoms with Crippen molar-refractivity contribution in [3.63, 3.8) is 0 Å². The summed E-state index contributed by atoms with van der Waals surface area (Å²) >= 11 is 10.2. The minimum Gasteiger partial charge on any atom is -0.400 e. The van der Waals surface area contributed by atoms with Crippen LogP contribution in [0.2, 0.25) is 5.15 Å². The molecule has 2 N–H and O–H groups in total. The van der Waals surface area contributed by atoms with Gasteiger partial charge in [-0.3, -0.25) is 0 Å². The summed E-state index contributed by atoms with van der Waals surface area (Å²) in [7, 11) is -0.467. The van der Waals surface area contributed by atoms with Crippen molar-refractivity contribution in [1.82, 2.24) is 9.97 Å². The number of rotatable bonds is 3. The molecule has 0 aromatic carbocycles. The van der Waals surface area contributed by atoms with Crippen LogP contribution < -0.4 is 5.73 Å². The highest BCUT2D eigenvalue weighted by Crippen LogP contribution is 2.38. The van der Waals surface area contributed by atoms with E-state index in [0.29, 0.717) is 11.4 Å². The van der Waals surface area contributed by atoms with Crippen LogP contribution in [0.4, 0.5) is 5.82 Å². The van der Waals surface area contributed by atoms with Crippen LogP contribution in [-0.2, 0) is 9.31 Å². The van der Waals surface area contributed by atoms with Gasteiger partial charge in [0.25, 0.3) is 0 Å². The molecule has 0 unspecified atom stereocenters. The molecule has 0 saturated carbocycles. The van der Waals surface area contributed by atoms with Gasteiger partial charge < -0.3 is 15.0 Å². The number of hydrogen-bond donors (Lipinski definition) is 2. The van der Waals surface area contributed by atoms with E-state index in [1.54, 1.807) is 6.20 Å². The minimum atomic E-state index is -0.467. The molecule has 1 aliphatic heterocycles. The molecule has 2 rings (SSSR count). The van der Waals surface area contributed by atoms with Crippen LogP contribution in [0.25, 0.3) is 6.08 Å². The van der Waals surface area contributed by atoms with Crippen LogP contribution in [0.1, 0.15) is 33.4 Å². The molecule has 114 valence electrons. The van der Waals surface area contributed by atoms with Crippen molar-refractivity contribution in [3.05, 3.63) is 22.5 Å². The molecule has 0 bridgehead atoms. The lowest BCUT2D eigenvalue weighted by molar-refractivity contribution is 0.00578. The number of thiol groups is 1. The molecule has 1 saturated heterocycles.